The van der Waals surface area contributed by atoms with E-state index in [0.717, 1.165) is 35.7 Å². The normalized spacial score (nSPS) is 17.0. The van der Waals surface area contributed by atoms with Gasteiger partial charge in [0.05, 0.1) is 5.69 Å². The number of ether oxygens (including phenoxy) is 1. The maximum atomic E-state index is 12.2. The van der Waals surface area contributed by atoms with Gasteiger partial charge in [-0.2, -0.15) is 0 Å². The summed E-state index contributed by atoms with van der Waals surface area (Å²) < 4.78 is 40.7. The molecule has 0 saturated heterocycles. The van der Waals surface area contributed by atoms with E-state index in [9.17, 15) is 13.2 Å². The van der Waals surface area contributed by atoms with Crippen molar-refractivity contribution < 1.29 is 17.9 Å². The molecule has 26 heavy (non-hydrogen) atoms. The third-order valence-corrected chi connectivity index (χ3v) is 4.97. The highest BCUT2D eigenvalue weighted by molar-refractivity contribution is 5.60. The van der Waals surface area contributed by atoms with Gasteiger partial charge in [0.25, 0.3) is 0 Å². The van der Waals surface area contributed by atoms with Crippen LogP contribution in [0.15, 0.2) is 36.4 Å². The number of aryl methyl sites for hydroxylation is 1. The first-order valence-corrected chi connectivity index (χ1v) is 9.29. The molecule has 1 aliphatic carbocycles. The summed E-state index contributed by atoms with van der Waals surface area (Å²) in [6.07, 6.45) is 3.71. The van der Waals surface area contributed by atoms with Crippen LogP contribution in [0.1, 0.15) is 50.3 Å². The van der Waals surface area contributed by atoms with E-state index in [1.807, 2.05) is 6.07 Å². The lowest BCUT2D eigenvalue weighted by molar-refractivity contribution is -0.274. The Labute approximate surface area is 152 Å². The summed E-state index contributed by atoms with van der Waals surface area (Å²) >= 11 is 0. The molecule has 1 aromatic heterocycles. The number of unbranched alkanes of at least 4 members (excludes halogenated alkanes) is 2. The summed E-state index contributed by atoms with van der Waals surface area (Å²) in [5.41, 5.74) is 4.04. The molecule has 0 radical (unpaired) electrons. The van der Waals surface area contributed by atoms with E-state index in [2.05, 4.69) is 17.7 Å². The minimum atomic E-state index is -4.67. The maximum absolute atomic E-state index is 12.2. The minimum Gasteiger partial charge on any atom is -0.406 e. The van der Waals surface area contributed by atoms with Crippen molar-refractivity contribution >= 4 is 0 Å². The van der Waals surface area contributed by atoms with E-state index in [1.165, 1.54) is 49.8 Å². The van der Waals surface area contributed by atoms with E-state index in [-0.39, 0.29) is 5.75 Å². The lowest BCUT2D eigenvalue weighted by Crippen LogP contribution is -2.17. The van der Waals surface area contributed by atoms with Crippen LogP contribution in [0.3, 0.4) is 0 Å². The maximum Gasteiger partial charge on any atom is 0.573 e. The average Bonchev–Trinajstić information content (AvgIpc) is 2.61. The predicted octanol–water partition coefficient (Wildman–Crippen LogP) is 6.33. The number of alkyl halides is 3. The van der Waals surface area contributed by atoms with Gasteiger partial charge in [0.15, 0.2) is 0 Å². The predicted molar refractivity (Wildman–Crippen MR) is 96.0 cm³/mol. The number of halogens is 3. The highest BCUT2D eigenvalue weighted by atomic mass is 19.4. The fourth-order valence-corrected chi connectivity index (χ4v) is 3.60. The molecule has 0 fully saturated rings. The first-order valence-electron chi connectivity index (χ1n) is 9.29. The van der Waals surface area contributed by atoms with Crippen LogP contribution in [-0.4, -0.2) is 11.3 Å². The van der Waals surface area contributed by atoms with Crippen molar-refractivity contribution in [3.05, 3.63) is 47.7 Å². The first kappa shape index (κ1) is 18.7. The van der Waals surface area contributed by atoms with E-state index in [4.69, 9.17) is 4.98 Å². The monoisotopic (exact) mass is 363 g/mol. The van der Waals surface area contributed by atoms with Gasteiger partial charge in [0.2, 0.25) is 0 Å². The zero-order valence-electron chi connectivity index (χ0n) is 15.0. The van der Waals surface area contributed by atoms with Gasteiger partial charge in [-0.3, -0.25) is 4.98 Å². The summed E-state index contributed by atoms with van der Waals surface area (Å²) in [6.45, 7) is 2.23. The highest BCUT2D eigenvalue weighted by Crippen LogP contribution is 2.31. The quantitative estimate of drug-likeness (QED) is 0.559. The SMILES string of the molecule is CCCCCC1CCc2nc(-c3ccc(OC(F)(F)F)cc3)ccc2C1. The zero-order valence-corrected chi connectivity index (χ0v) is 15.0. The van der Waals surface area contributed by atoms with Crippen LogP contribution in [0.2, 0.25) is 0 Å². The van der Waals surface area contributed by atoms with Gasteiger partial charge in [-0.25, -0.2) is 0 Å². The molecule has 1 unspecified atom stereocenters. The molecule has 0 amide bonds. The van der Waals surface area contributed by atoms with Gasteiger partial charge in [0.1, 0.15) is 5.75 Å². The second-order valence-corrected chi connectivity index (χ2v) is 6.98. The Bertz CT molecular complexity index is 725. The van der Waals surface area contributed by atoms with Gasteiger partial charge < -0.3 is 4.74 Å². The molecule has 2 aromatic rings. The number of hydrogen-bond acceptors (Lipinski definition) is 2. The third kappa shape index (κ3) is 4.99. The second kappa shape index (κ2) is 8.11. The third-order valence-electron chi connectivity index (χ3n) is 4.97. The van der Waals surface area contributed by atoms with Crippen molar-refractivity contribution in [3.8, 4) is 17.0 Å². The second-order valence-electron chi connectivity index (χ2n) is 6.98. The molecule has 1 heterocycles. The molecule has 0 bridgehead atoms. The number of pyridine rings is 1. The Kier molecular flexibility index (Phi) is 5.84. The number of rotatable bonds is 6. The van der Waals surface area contributed by atoms with Gasteiger partial charge in [-0.05, 0) is 61.1 Å². The Morgan fingerprint density at radius 1 is 1.08 bits per heavy atom. The van der Waals surface area contributed by atoms with Crippen LogP contribution < -0.4 is 4.74 Å². The molecule has 3 rings (SSSR count). The fourth-order valence-electron chi connectivity index (χ4n) is 3.60. The zero-order chi connectivity index (χ0) is 18.6. The lowest BCUT2D eigenvalue weighted by Gasteiger charge is -2.24. The van der Waals surface area contributed by atoms with Crippen LogP contribution in [0.4, 0.5) is 13.2 Å². The number of fused-ring (bicyclic) bond motifs is 1. The largest absolute Gasteiger partial charge is 0.573 e. The van der Waals surface area contributed by atoms with E-state index < -0.39 is 6.36 Å². The van der Waals surface area contributed by atoms with Crippen molar-refractivity contribution in [3.63, 3.8) is 0 Å². The van der Waals surface area contributed by atoms with Crippen LogP contribution in [0.5, 0.6) is 5.75 Å². The summed E-state index contributed by atoms with van der Waals surface area (Å²) in [7, 11) is 0. The van der Waals surface area contributed by atoms with Crippen LogP contribution in [0.25, 0.3) is 11.3 Å². The van der Waals surface area contributed by atoms with Crippen molar-refractivity contribution in [1.29, 1.82) is 0 Å². The Morgan fingerprint density at radius 3 is 2.54 bits per heavy atom. The van der Waals surface area contributed by atoms with E-state index in [0.29, 0.717) is 0 Å². The molecular formula is C21H24F3NO. The molecule has 2 nitrogen and oxygen atoms in total. The number of hydrogen-bond donors (Lipinski definition) is 0. The summed E-state index contributed by atoms with van der Waals surface area (Å²) in [5, 5.41) is 0. The molecule has 0 saturated carbocycles. The molecule has 1 aromatic carbocycles. The van der Waals surface area contributed by atoms with Gasteiger partial charge in [-0.1, -0.05) is 38.7 Å². The number of aromatic nitrogens is 1. The standard InChI is InChI=1S/C21H24F3NO/c1-2-3-4-5-15-6-12-20-17(14-15)9-13-19(25-20)16-7-10-18(11-8-16)26-21(22,23)24/h7-11,13,15H,2-6,12,14H2,1H3. The van der Waals surface area contributed by atoms with Crippen LogP contribution in [-0.2, 0) is 12.8 Å². The van der Waals surface area contributed by atoms with Crippen LogP contribution >= 0.6 is 0 Å². The topological polar surface area (TPSA) is 22.1 Å². The highest BCUT2D eigenvalue weighted by Gasteiger charge is 2.31. The molecule has 5 heteroatoms. The van der Waals surface area contributed by atoms with Gasteiger partial charge in [-0.15, -0.1) is 13.2 Å². The smallest absolute Gasteiger partial charge is 0.406 e. The Morgan fingerprint density at radius 2 is 1.85 bits per heavy atom. The van der Waals surface area contributed by atoms with Gasteiger partial charge in [0, 0.05) is 11.3 Å². The Hall–Kier alpha value is -2.04. The van der Waals surface area contributed by atoms with Crippen molar-refractivity contribution in [1.82, 2.24) is 4.98 Å². The minimum absolute atomic E-state index is 0.214. The summed E-state index contributed by atoms with van der Waals surface area (Å²) in [5.74, 6) is 0.537. The van der Waals surface area contributed by atoms with E-state index >= 15 is 0 Å². The fraction of sp³-hybridized carbons (Fsp3) is 0.476. The average molecular weight is 363 g/mol. The molecule has 0 aliphatic heterocycles. The summed E-state index contributed by atoms with van der Waals surface area (Å²) in [6, 6.07) is 9.98. The van der Waals surface area contributed by atoms with Gasteiger partial charge >= 0.3 is 6.36 Å². The Balaban J connectivity index is 1.68. The number of nitrogens with zero attached hydrogens (tertiary/aromatic N) is 1. The molecular weight excluding hydrogens is 339 g/mol. The molecule has 0 spiro atoms. The molecule has 1 aliphatic rings. The van der Waals surface area contributed by atoms with Crippen molar-refractivity contribution in [2.45, 2.75) is 58.2 Å². The molecule has 1 atom stereocenters. The lowest BCUT2D eigenvalue weighted by atomic mass is 9.83. The van der Waals surface area contributed by atoms with Crippen LogP contribution in [0, 0.1) is 5.92 Å². The number of benzene rings is 1. The first-order chi connectivity index (χ1) is 12.4. The van der Waals surface area contributed by atoms with Crippen molar-refractivity contribution in [2.75, 3.05) is 0 Å². The summed E-state index contributed by atoms with van der Waals surface area (Å²) in [4.78, 5) is 4.76. The molecule has 0 N–H and O–H groups in total. The van der Waals surface area contributed by atoms with Crippen molar-refractivity contribution in [2.24, 2.45) is 5.92 Å². The molecule has 140 valence electrons. The van der Waals surface area contributed by atoms with E-state index in [1.54, 1.807) is 12.1 Å².